The lowest BCUT2D eigenvalue weighted by molar-refractivity contribution is -0.122. The molecule has 40 heavy (non-hydrogen) atoms. The molecule has 6 heteroatoms. The van der Waals surface area contributed by atoms with Crippen LogP contribution in [-0.4, -0.2) is 11.8 Å². The Kier molecular flexibility index (Phi) is 8.18. The molecule has 0 aliphatic rings. The summed E-state index contributed by atoms with van der Waals surface area (Å²) in [5, 5.41) is 11.5. The molecule has 0 aromatic heterocycles. The van der Waals surface area contributed by atoms with Crippen molar-refractivity contribution in [1.82, 2.24) is 5.32 Å². The molecular weight excluding hydrogens is 496 g/mol. The maximum Gasteiger partial charge on any atom is 0.248 e. The normalized spacial score (nSPS) is 11.7. The maximum atomic E-state index is 13.4. The first-order chi connectivity index (χ1) is 19.5. The molecule has 0 aliphatic carbocycles. The van der Waals surface area contributed by atoms with E-state index in [0.717, 1.165) is 33.2 Å². The van der Waals surface area contributed by atoms with Crippen LogP contribution in [0.1, 0.15) is 22.7 Å². The van der Waals surface area contributed by atoms with Gasteiger partial charge in [0.2, 0.25) is 11.8 Å². The molecule has 5 N–H and O–H groups in total. The summed E-state index contributed by atoms with van der Waals surface area (Å²) in [7, 11) is 0. The molecule has 5 aromatic rings. The topological polar surface area (TPSA) is 96.2 Å². The summed E-state index contributed by atoms with van der Waals surface area (Å²) in [6.07, 6.45) is 3.18. The third kappa shape index (κ3) is 6.74. The lowest BCUT2D eigenvalue weighted by atomic mass is 10.0. The molecule has 5 rings (SSSR count). The number of anilines is 3. The number of carbonyl (C=O) groups is 2. The zero-order valence-corrected chi connectivity index (χ0v) is 21.9. The summed E-state index contributed by atoms with van der Waals surface area (Å²) in [6, 6.07) is 38.0. The third-order valence-electron chi connectivity index (χ3n) is 6.55. The van der Waals surface area contributed by atoms with Gasteiger partial charge >= 0.3 is 0 Å². The maximum absolute atomic E-state index is 13.4. The fraction of sp³-hybridized carbons (Fsp3) is 0.0588. The first-order valence-electron chi connectivity index (χ1n) is 13.1. The molecule has 2 amide bonds. The number of hydrogen-bond acceptors (Lipinski definition) is 4. The Morgan fingerprint density at radius 1 is 0.750 bits per heavy atom. The Hall–Kier alpha value is -5.36. The summed E-state index contributed by atoms with van der Waals surface area (Å²) in [6.45, 7) is 0.428. The van der Waals surface area contributed by atoms with Gasteiger partial charge in [0, 0.05) is 18.3 Å². The molecule has 1 atom stereocenters. The first-order valence-corrected chi connectivity index (χ1v) is 13.1. The molecule has 0 saturated heterocycles. The van der Waals surface area contributed by atoms with Gasteiger partial charge in [-0.2, -0.15) is 0 Å². The van der Waals surface area contributed by atoms with Gasteiger partial charge in [0.1, 0.15) is 6.04 Å². The fourth-order valence-corrected chi connectivity index (χ4v) is 4.39. The van der Waals surface area contributed by atoms with Crippen LogP contribution in [0.2, 0.25) is 0 Å². The minimum absolute atomic E-state index is 0.139. The summed E-state index contributed by atoms with van der Waals surface area (Å²) in [4.78, 5) is 25.8. The van der Waals surface area contributed by atoms with Gasteiger partial charge in [-0.05, 0) is 57.8 Å². The van der Waals surface area contributed by atoms with E-state index in [1.54, 1.807) is 18.2 Å². The lowest BCUT2D eigenvalue weighted by Crippen LogP contribution is -2.33. The van der Waals surface area contributed by atoms with Crippen molar-refractivity contribution in [2.24, 2.45) is 0 Å². The van der Waals surface area contributed by atoms with Gasteiger partial charge in [0.15, 0.2) is 0 Å². The van der Waals surface area contributed by atoms with Crippen molar-refractivity contribution in [2.45, 2.75) is 12.6 Å². The monoisotopic (exact) mass is 526 g/mol. The summed E-state index contributed by atoms with van der Waals surface area (Å²) >= 11 is 0. The van der Waals surface area contributed by atoms with Gasteiger partial charge in [-0.1, -0.05) is 97.1 Å². The average Bonchev–Trinajstić information content (AvgIpc) is 2.99. The minimum atomic E-state index is -0.618. The average molecular weight is 527 g/mol. The van der Waals surface area contributed by atoms with E-state index in [4.69, 9.17) is 5.73 Å². The van der Waals surface area contributed by atoms with Crippen LogP contribution in [0.4, 0.5) is 17.1 Å². The van der Waals surface area contributed by atoms with Gasteiger partial charge in [0.05, 0.1) is 11.4 Å². The number of hydrogen-bond donors (Lipinski definition) is 4. The molecule has 1 unspecified atom stereocenters. The number of benzene rings is 5. The van der Waals surface area contributed by atoms with Crippen molar-refractivity contribution >= 4 is 45.7 Å². The number of fused-ring (bicyclic) bond motifs is 1. The van der Waals surface area contributed by atoms with E-state index in [2.05, 4.69) is 28.1 Å². The van der Waals surface area contributed by atoms with Crippen molar-refractivity contribution in [3.8, 4) is 0 Å². The molecule has 5 aromatic carbocycles. The van der Waals surface area contributed by atoms with E-state index >= 15 is 0 Å². The van der Waals surface area contributed by atoms with E-state index < -0.39 is 6.04 Å². The predicted octanol–water partition coefficient (Wildman–Crippen LogP) is 6.54. The van der Waals surface area contributed by atoms with Crippen LogP contribution >= 0.6 is 0 Å². The molecular formula is C34H30N4O2. The Morgan fingerprint density at radius 2 is 1.45 bits per heavy atom. The van der Waals surface area contributed by atoms with E-state index in [-0.39, 0.29) is 11.8 Å². The van der Waals surface area contributed by atoms with Gasteiger partial charge in [-0.15, -0.1) is 0 Å². The van der Waals surface area contributed by atoms with Gasteiger partial charge in [0.25, 0.3) is 0 Å². The van der Waals surface area contributed by atoms with E-state index in [1.165, 1.54) is 6.08 Å². The highest BCUT2D eigenvalue weighted by Crippen LogP contribution is 2.25. The molecule has 0 saturated carbocycles. The highest BCUT2D eigenvalue weighted by Gasteiger charge is 2.20. The molecule has 0 bridgehead atoms. The number of nitrogens with two attached hydrogens (primary N) is 1. The van der Waals surface area contributed by atoms with Gasteiger partial charge in [-0.3, -0.25) is 9.59 Å². The van der Waals surface area contributed by atoms with Crippen molar-refractivity contribution in [3.05, 3.63) is 144 Å². The molecule has 0 heterocycles. The Morgan fingerprint density at radius 3 is 2.23 bits per heavy atom. The van der Waals surface area contributed by atoms with Gasteiger partial charge in [-0.25, -0.2) is 0 Å². The van der Waals surface area contributed by atoms with Crippen LogP contribution in [0.25, 0.3) is 16.8 Å². The van der Waals surface area contributed by atoms with E-state index in [9.17, 15) is 9.59 Å². The number of nitrogen functional groups attached to an aromatic ring is 1. The van der Waals surface area contributed by atoms with Crippen LogP contribution in [-0.2, 0) is 16.1 Å². The lowest BCUT2D eigenvalue weighted by Gasteiger charge is -2.21. The number of carbonyl (C=O) groups excluding carboxylic acids is 2. The zero-order chi connectivity index (χ0) is 27.7. The zero-order valence-electron chi connectivity index (χ0n) is 21.9. The van der Waals surface area contributed by atoms with E-state index in [0.29, 0.717) is 17.9 Å². The minimum Gasteiger partial charge on any atom is -0.397 e. The number of amides is 2. The Bertz CT molecular complexity index is 1650. The molecule has 0 radical (unpaired) electrons. The van der Waals surface area contributed by atoms with Crippen molar-refractivity contribution in [2.75, 3.05) is 16.4 Å². The SMILES string of the molecule is Nc1ccccc1NC(=O)/C=C/c1ccc(C(Nc2ccc3ccccc3c2)C(=O)NCc2ccccc2)cc1. The van der Waals surface area contributed by atoms with Crippen LogP contribution in [0, 0.1) is 0 Å². The van der Waals surface area contributed by atoms with Crippen LogP contribution in [0.15, 0.2) is 127 Å². The molecule has 0 fully saturated rings. The Labute approximate surface area is 233 Å². The highest BCUT2D eigenvalue weighted by atomic mass is 16.2. The van der Waals surface area contributed by atoms with Crippen molar-refractivity contribution < 1.29 is 9.59 Å². The first kappa shape index (κ1) is 26.3. The van der Waals surface area contributed by atoms with Crippen LogP contribution in [0.3, 0.4) is 0 Å². The van der Waals surface area contributed by atoms with E-state index in [1.807, 2.05) is 97.1 Å². The number of para-hydroxylation sites is 2. The largest absolute Gasteiger partial charge is 0.397 e. The quantitative estimate of drug-likeness (QED) is 0.129. The molecule has 0 spiro atoms. The number of nitrogens with one attached hydrogen (secondary N) is 3. The van der Waals surface area contributed by atoms with Crippen molar-refractivity contribution in [3.63, 3.8) is 0 Å². The molecule has 198 valence electrons. The summed E-state index contributed by atoms with van der Waals surface area (Å²) < 4.78 is 0. The fourth-order valence-electron chi connectivity index (χ4n) is 4.39. The summed E-state index contributed by atoms with van der Waals surface area (Å²) in [5.41, 5.74) is 10.5. The second-order valence-electron chi connectivity index (χ2n) is 9.42. The molecule has 0 aliphatic heterocycles. The third-order valence-corrected chi connectivity index (χ3v) is 6.55. The second kappa shape index (κ2) is 12.5. The standard InChI is InChI=1S/C34H30N4O2/c35-30-12-6-7-13-31(30)38-32(39)21-16-24-14-17-27(18-15-24)33(34(40)36-23-25-8-2-1-3-9-25)37-29-20-19-26-10-4-5-11-28(26)22-29/h1-22,33,37H,23,35H2,(H,36,40)(H,38,39)/b21-16+. The Balaban J connectivity index is 1.33. The van der Waals surface area contributed by atoms with Crippen LogP contribution < -0.4 is 21.7 Å². The summed E-state index contributed by atoms with van der Waals surface area (Å²) in [5.74, 6) is -0.418. The highest BCUT2D eigenvalue weighted by molar-refractivity contribution is 6.03. The molecule has 6 nitrogen and oxygen atoms in total. The van der Waals surface area contributed by atoms with Crippen LogP contribution in [0.5, 0.6) is 0 Å². The smallest absolute Gasteiger partial charge is 0.248 e. The van der Waals surface area contributed by atoms with Crippen molar-refractivity contribution in [1.29, 1.82) is 0 Å². The second-order valence-corrected chi connectivity index (χ2v) is 9.42. The van der Waals surface area contributed by atoms with Gasteiger partial charge < -0.3 is 21.7 Å². The predicted molar refractivity (Wildman–Crippen MR) is 164 cm³/mol. The number of rotatable bonds is 9.